The van der Waals surface area contributed by atoms with Crippen molar-refractivity contribution in [3.05, 3.63) is 63.6 Å². The zero-order chi connectivity index (χ0) is 15.0. The lowest BCUT2D eigenvalue weighted by Gasteiger charge is -2.02. The lowest BCUT2D eigenvalue weighted by Crippen LogP contribution is -2.03. The van der Waals surface area contributed by atoms with Crippen molar-refractivity contribution in [1.29, 1.82) is 0 Å². The van der Waals surface area contributed by atoms with Gasteiger partial charge in [-0.15, -0.1) is 0 Å². The van der Waals surface area contributed by atoms with Gasteiger partial charge in [-0.05, 0) is 35.9 Å². The number of amides is 1. The van der Waals surface area contributed by atoms with Crippen LogP contribution in [0.15, 0.2) is 46.9 Å². The Bertz CT molecular complexity index is 796. The Kier molecular flexibility index (Phi) is 3.35. The van der Waals surface area contributed by atoms with Gasteiger partial charge >= 0.3 is 5.97 Å². The molecule has 0 aromatic heterocycles. The van der Waals surface area contributed by atoms with E-state index in [2.05, 4.69) is 21.2 Å². The van der Waals surface area contributed by atoms with Crippen LogP contribution >= 0.6 is 15.9 Å². The van der Waals surface area contributed by atoms with E-state index in [-0.39, 0.29) is 11.5 Å². The second-order valence-corrected chi connectivity index (χ2v) is 5.45. The molecule has 2 N–H and O–H groups in total. The van der Waals surface area contributed by atoms with Crippen LogP contribution in [0, 0.1) is 0 Å². The summed E-state index contributed by atoms with van der Waals surface area (Å²) in [7, 11) is 0. The Morgan fingerprint density at radius 1 is 1.19 bits per heavy atom. The largest absolute Gasteiger partial charge is 0.478 e. The Morgan fingerprint density at radius 2 is 1.95 bits per heavy atom. The maximum atomic E-state index is 12.1. The minimum atomic E-state index is -1.02. The van der Waals surface area contributed by atoms with Gasteiger partial charge in [0.1, 0.15) is 0 Å². The van der Waals surface area contributed by atoms with E-state index in [9.17, 15) is 9.59 Å². The molecule has 0 spiro atoms. The summed E-state index contributed by atoms with van der Waals surface area (Å²) in [6.07, 6.45) is 1.75. The lowest BCUT2D eigenvalue weighted by atomic mass is 10.0. The lowest BCUT2D eigenvalue weighted by molar-refractivity contribution is -0.110. The number of rotatable bonds is 2. The molecular weight excluding hydrogens is 334 g/mol. The molecule has 21 heavy (non-hydrogen) atoms. The average Bonchev–Trinajstić information content (AvgIpc) is 2.76. The van der Waals surface area contributed by atoms with Crippen molar-refractivity contribution in [3.63, 3.8) is 0 Å². The van der Waals surface area contributed by atoms with Crippen LogP contribution in [-0.2, 0) is 4.79 Å². The fraction of sp³-hybridized carbons (Fsp3) is 0. The predicted octanol–water partition coefficient (Wildman–Crippen LogP) is 3.64. The third-order valence-corrected chi connectivity index (χ3v) is 3.98. The highest BCUT2D eigenvalue weighted by Crippen LogP contribution is 2.34. The first-order chi connectivity index (χ1) is 10.1. The van der Waals surface area contributed by atoms with Gasteiger partial charge in [0.25, 0.3) is 5.91 Å². The molecule has 2 aromatic carbocycles. The summed E-state index contributed by atoms with van der Waals surface area (Å²) in [6.45, 7) is 0. The highest BCUT2D eigenvalue weighted by molar-refractivity contribution is 9.10. The number of hydrogen-bond acceptors (Lipinski definition) is 2. The number of carboxylic acids is 1. The summed E-state index contributed by atoms with van der Waals surface area (Å²) in [4.78, 5) is 23.2. The Hall–Kier alpha value is -2.40. The molecule has 0 radical (unpaired) electrons. The van der Waals surface area contributed by atoms with E-state index in [4.69, 9.17) is 5.11 Å². The van der Waals surface area contributed by atoms with Gasteiger partial charge in [-0.25, -0.2) is 4.79 Å². The number of fused-ring (bicyclic) bond motifs is 1. The highest BCUT2D eigenvalue weighted by Gasteiger charge is 2.25. The first-order valence-corrected chi connectivity index (χ1v) is 7.01. The quantitative estimate of drug-likeness (QED) is 0.818. The molecule has 0 saturated carbocycles. The molecule has 0 fully saturated rings. The molecule has 1 aliphatic heterocycles. The smallest absolute Gasteiger partial charge is 0.335 e. The second-order valence-electron chi connectivity index (χ2n) is 4.60. The fourth-order valence-electron chi connectivity index (χ4n) is 2.21. The van der Waals surface area contributed by atoms with E-state index >= 15 is 0 Å². The topological polar surface area (TPSA) is 66.4 Å². The van der Waals surface area contributed by atoms with Crippen LogP contribution in [0.5, 0.6) is 0 Å². The van der Waals surface area contributed by atoms with Gasteiger partial charge in [-0.3, -0.25) is 4.79 Å². The Morgan fingerprint density at radius 3 is 2.67 bits per heavy atom. The van der Waals surface area contributed by atoms with Crippen LogP contribution in [0.25, 0.3) is 11.6 Å². The van der Waals surface area contributed by atoms with Crippen molar-refractivity contribution in [2.75, 3.05) is 5.32 Å². The maximum Gasteiger partial charge on any atom is 0.335 e. The number of halogens is 1. The maximum absolute atomic E-state index is 12.1. The van der Waals surface area contributed by atoms with E-state index in [0.29, 0.717) is 16.8 Å². The van der Waals surface area contributed by atoms with Crippen LogP contribution in [0.2, 0.25) is 0 Å². The summed E-state index contributed by atoms with van der Waals surface area (Å²) in [5.41, 5.74) is 2.71. The van der Waals surface area contributed by atoms with Gasteiger partial charge in [0.15, 0.2) is 0 Å². The summed E-state index contributed by atoms with van der Waals surface area (Å²) in [6, 6.07) is 12.1. The third kappa shape index (κ3) is 2.48. The summed E-state index contributed by atoms with van der Waals surface area (Å²) >= 11 is 3.43. The molecule has 1 aliphatic rings. The number of hydrogen-bond donors (Lipinski definition) is 2. The van der Waals surface area contributed by atoms with Crippen LogP contribution in [-0.4, -0.2) is 17.0 Å². The van der Waals surface area contributed by atoms with Gasteiger partial charge in [0.2, 0.25) is 0 Å². The molecule has 0 unspecified atom stereocenters. The molecule has 1 heterocycles. The number of anilines is 1. The van der Waals surface area contributed by atoms with E-state index in [1.54, 1.807) is 12.1 Å². The second kappa shape index (κ2) is 5.18. The number of carbonyl (C=O) groups is 2. The summed E-state index contributed by atoms with van der Waals surface area (Å²) in [5.74, 6) is -1.25. The van der Waals surface area contributed by atoms with Gasteiger partial charge < -0.3 is 10.4 Å². The first-order valence-electron chi connectivity index (χ1n) is 6.21. The molecule has 4 nitrogen and oxygen atoms in total. The van der Waals surface area contributed by atoms with E-state index < -0.39 is 5.97 Å². The summed E-state index contributed by atoms with van der Waals surface area (Å²) in [5, 5.41) is 11.8. The Balaban J connectivity index is 2.14. The zero-order valence-corrected chi connectivity index (χ0v) is 12.3. The molecule has 0 atom stereocenters. The van der Waals surface area contributed by atoms with Gasteiger partial charge in [0, 0.05) is 21.3 Å². The normalized spacial score (nSPS) is 14.9. The predicted molar refractivity (Wildman–Crippen MR) is 84.0 cm³/mol. The fourth-order valence-corrected chi connectivity index (χ4v) is 2.61. The van der Waals surface area contributed by atoms with Crippen LogP contribution in [0.3, 0.4) is 0 Å². The van der Waals surface area contributed by atoms with Crippen LogP contribution < -0.4 is 5.32 Å². The van der Waals surface area contributed by atoms with E-state index in [1.807, 2.05) is 24.3 Å². The Labute approximate surface area is 129 Å². The number of aromatic carboxylic acids is 1. The summed E-state index contributed by atoms with van der Waals surface area (Å²) < 4.78 is 0.869. The van der Waals surface area contributed by atoms with Crippen molar-refractivity contribution < 1.29 is 14.7 Å². The minimum Gasteiger partial charge on any atom is -0.478 e. The van der Waals surface area contributed by atoms with Gasteiger partial charge in [-0.2, -0.15) is 0 Å². The molecule has 1 amide bonds. The number of benzene rings is 2. The molecular formula is C16H10BrNO3. The van der Waals surface area contributed by atoms with Crippen molar-refractivity contribution in [3.8, 4) is 0 Å². The molecule has 0 saturated heterocycles. The van der Waals surface area contributed by atoms with Crippen LogP contribution in [0.4, 0.5) is 5.69 Å². The van der Waals surface area contributed by atoms with Gasteiger partial charge in [0.05, 0.1) is 5.56 Å². The third-order valence-electron chi connectivity index (χ3n) is 3.25. The molecule has 0 bridgehead atoms. The van der Waals surface area contributed by atoms with Crippen molar-refractivity contribution in [1.82, 2.24) is 0 Å². The highest BCUT2D eigenvalue weighted by atomic mass is 79.9. The molecule has 3 rings (SSSR count). The van der Waals surface area contributed by atoms with Crippen LogP contribution in [0.1, 0.15) is 21.5 Å². The molecule has 2 aromatic rings. The number of nitrogens with one attached hydrogen (secondary N) is 1. The minimum absolute atomic E-state index is 0.156. The van der Waals surface area contributed by atoms with Gasteiger partial charge in [-0.1, -0.05) is 34.1 Å². The van der Waals surface area contributed by atoms with Crippen molar-refractivity contribution >= 4 is 45.1 Å². The molecule has 0 aliphatic carbocycles. The standard InChI is InChI=1S/C16H10BrNO3/c17-13-4-2-1-3-9(13)7-12-11-8-10(16(20)21)5-6-14(11)18-15(12)19/h1-8H,(H,18,19)(H,20,21)/b12-7+. The molecule has 5 heteroatoms. The monoisotopic (exact) mass is 343 g/mol. The zero-order valence-electron chi connectivity index (χ0n) is 10.8. The van der Waals surface area contributed by atoms with E-state index in [1.165, 1.54) is 12.1 Å². The number of carboxylic acid groups (broad SMARTS) is 1. The van der Waals surface area contributed by atoms with Crippen molar-refractivity contribution in [2.45, 2.75) is 0 Å². The first kappa shape index (κ1) is 13.6. The molecule has 104 valence electrons. The average molecular weight is 344 g/mol. The van der Waals surface area contributed by atoms with E-state index in [0.717, 1.165) is 10.0 Å². The SMILES string of the molecule is O=C1Nc2ccc(C(=O)O)cc2/C1=C\c1ccccc1Br. The number of carbonyl (C=O) groups excluding carboxylic acids is 1. The van der Waals surface area contributed by atoms with Crippen molar-refractivity contribution in [2.24, 2.45) is 0 Å².